The van der Waals surface area contributed by atoms with Crippen LogP contribution in [0.15, 0.2) is 45.7 Å². The molecule has 0 spiro atoms. The molecule has 0 amide bonds. The second kappa shape index (κ2) is 9.32. The van der Waals surface area contributed by atoms with Gasteiger partial charge in [-0.15, -0.1) is 11.3 Å². The van der Waals surface area contributed by atoms with Crippen LogP contribution in [0.5, 0.6) is 0 Å². The van der Waals surface area contributed by atoms with Crippen LogP contribution in [0.25, 0.3) is 0 Å². The number of hydrogen-bond donors (Lipinski definition) is 1. The van der Waals surface area contributed by atoms with Crippen LogP contribution in [-0.2, 0) is 16.6 Å². The van der Waals surface area contributed by atoms with Gasteiger partial charge in [0, 0.05) is 50.8 Å². The highest BCUT2D eigenvalue weighted by atomic mass is 32.2. The van der Waals surface area contributed by atoms with Crippen molar-refractivity contribution in [3.05, 3.63) is 41.4 Å². The summed E-state index contributed by atoms with van der Waals surface area (Å²) in [5.74, 6) is 0.498. The topological polar surface area (TPSA) is 95.1 Å². The van der Waals surface area contributed by atoms with E-state index in [2.05, 4.69) is 19.8 Å². The van der Waals surface area contributed by atoms with E-state index in [9.17, 15) is 8.42 Å². The summed E-state index contributed by atoms with van der Waals surface area (Å²) in [6.45, 7) is 4.86. The lowest BCUT2D eigenvalue weighted by atomic mass is 10.2. The number of nitrogens with zero attached hydrogens (tertiary/aromatic N) is 5. The van der Waals surface area contributed by atoms with Gasteiger partial charge in [-0.1, -0.05) is 18.6 Å². The first-order valence-corrected chi connectivity index (χ1v) is 12.6. The Morgan fingerprint density at radius 3 is 2.57 bits per heavy atom. The van der Waals surface area contributed by atoms with E-state index in [0.29, 0.717) is 30.5 Å². The Labute approximate surface area is 182 Å². The van der Waals surface area contributed by atoms with E-state index in [1.807, 2.05) is 17.6 Å². The highest BCUT2D eigenvalue weighted by Crippen LogP contribution is 2.22. The van der Waals surface area contributed by atoms with Crippen molar-refractivity contribution in [1.82, 2.24) is 14.2 Å². The molecule has 2 saturated heterocycles. The second-order valence-corrected chi connectivity index (χ2v) is 10.4. The third kappa shape index (κ3) is 4.76. The molecule has 0 unspecified atom stereocenters. The van der Waals surface area contributed by atoms with Crippen molar-refractivity contribution in [2.75, 3.05) is 44.2 Å². The number of aromatic nitrogens is 1. The number of thiazole rings is 1. The summed E-state index contributed by atoms with van der Waals surface area (Å²) in [5, 5.41) is 3.02. The van der Waals surface area contributed by atoms with E-state index in [-0.39, 0.29) is 0 Å². The summed E-state index contributed by atoms with van der Waals surface area (Å²) in [5.41, 5.74) is 7.06. The number of hydrogen-bond acceptors (Lipinski definition) is 6. The van der Waals surface area contributed by atoms with Crippen molar-refractivity contribution in [3.63, 3.8) is 0 Å². The Kier molecular flexibility index (Phi) is 6.55. The first kappa shape index (κ1) is 21.1. The van der Waals surface area contributed by atoms with Gasteiger partial charge in [-0.05, 0) is 30.5 Å². The highest BCUT2D eigenvalue weighted by molar-refractivity contribution is 7.89. The molecular weight excluding hydrogens is 420 g/mol. The molecule has 2 aliphatic heterocycles. The van der Waals surface area contributed by atoms with Gasteiger partial charge in [0.2, 0.25) is 10.0 Å². The lowest BCUT2D eigenvalue weighted by Crippen LogP contribution is -2.51. The van der Waals surface area contributed by atoms with Gasteiger partial charge in [0.15, 0.2) is 11.1 Å². The number of piperazine rings is 1. The number of guanidine groups is 1. The van der Waals surface area contributed by atoms with Crippen molar-refractivity contribution >= 4 is 32.5 Å². The van der Waals surface area contributed by atoms with Crippen molar-refractivity contribution in [2.24, 2.45) is 10.7 Å². The van der Waals surface area contributed by atoms with Gasteiger partial charge in [0.05, 0.1) is 11.4 Å². The maximum absolute atomic E-state index is 12.9. The molecule has 0 aliphatic carbocycles. The minimum absolute atomic E-state index is 0.340. The molecule has 162 valence electrons. The van der Waals surface area contributed by atoms with E-state index in [0.717, 1.165) is 56.1 Å². The van der Waals surface area contributed by atoms with Gasteiger partial charge in [0.25, 0.3) is 0 Å². The number of piperidine rings is 1. The second-order valence-electron chi connectivity index (χ2n) is 7.58. The van der Waals surface area contributed by atoms with Crippen molar-refractivity contribution in [1.29, 1.82) is 0 Å². The quantitative estimate of drug-likeness (QED) is 0.555. The molecule has 2 aliphatic rings. The Morgan fingerprint density at radius 2 is 1.87 bits per heavy atom. The maximum atomic E-state index is 12.9. The lowest BCUT2D eigenvalue weighted by molar-refractivity contribution is 0.346. The molecule has 2 fully saturated rings. The molecular formula is C20H28N6O2S2. The van der Waals surface area contributed by atoms with Gasteiger partial charge in [-0.2, -0.15) is 4.31 Å². The van der Waals surface area contributed by atoms with E-state index >= 15 is 0 Å². The summed E-state index contributed by atoms with van der Waals surface area (Å²) >= 11 is 1.64. The van der Waals surface area contributed by atoms with Crippen LogP contribution in [0, 0.1) is 0 Å². The average molecular weight is 449 g/mol. The zero-order valence-electron chi connectivity index (χ0n) is 17.0. The van der Waals surface area contributed by atoms with Crippen LogP contribution in [0.4, 0.5) is 5.13 Å². The summed E-state index contributed by atoms with van der Waals surface area (Å²) < 4.78 is 27.4. The standard InChI is InChI=1S/C20H28N6O2S2/c21-19(24-10-12-25(13-11-24)20-22-7-14-29-20)23-16-17-5-4-6-18(15-17)30(27,28)26-8-2-1-3-9-26/h4-7,14-15H,1-3,8-13,16H2,(H2,21,23). The Morgan fingerprint density at radius 1 is 1.10 bits per heavy atom. The van der Waals surface area contributed by atoms with Gasteiger partial charge in [-0.25, -0.2) is 18.4 Å². The predicted octanol–water partition coefficient (Wildman–Crippen LogP) is 1.95. The first-order valence-electron chi connectivity index (χ1n) is 10.3. The first-order chi connectivity index (χ1) is 14.5. The molecule has 0 saturated carbocycles. The molecule has 2 N–H and O–H groups in total. The zero-order chi connectivity index (χ0) is 21.0. The molecule has 0 atom stereocenters. The number of anilines is 1. The van der Waals surface area contributed by atoms with Crippen LogP contribution in [0.1, 0.15) is 24.8 Å². The SMILES string of the molecule is NC(=NCc1cccc(S(=O)(=O)N2CCCCC2)c1)N1CCN(c2nccs2)CC1. The van der Waals surface area contributed by atoms with Crippen LogP contribution >= 0.6 is 11.3 Å². The third-order valence-electron chi connectivity index (χ3n) is 5.57. The van der Waals surface area contributed by atoms with Crippen LogP contribution in [0.2, 0.25) is 0 Å². The minimum atomic E-state index is -3.44. The highest BCUT2D eigenvalue weighted by Gasteiger charge is 2.26. The Hall–Kier alpha value is -2.17. The molecule has 8 nitrogen and oxygen atoms in total. The summed E-state index contributed by atoms with van der Waals surface area (Å²) in [6, 6.07) is 7.07. The molecule has 3 heterocycles. The zero-order valence-corrected chi connectivity index (χ0v) is 18.6. The number of benzene rings is 1. The summed E-state index contributed by atoms with van der Waals surface area (Å²) in [6.07, 6.45) is 4.77. The maximum Gasteiger partial charge on any atom is 0.243 e. The van der Waals surface area contributed by atoms with Gasteiger partial charge in [0.1, 0.15) is 0 Å². The lowest BCUT2D eigenvalue weighted by Gasteiger charge is -2.35. The fraction of sp³-hybridized carbons (Fsp3) is 0.500. The summed E-state index contributed by atoms with van der Waals surface area (Å²) in [7, 11) is -3.44. The smallest absolute Gasteiger partial charge is 0.243 e. The van der Waals surface area contributed by atoms with Crippen molar-refractivity contribution < 1.29 is 8.42 Å². The molecule has 1 aromatic carbocycles. The fourth-order valence-corrected chi connectivity index (χ4v) is 6.11. The van der Waals surface area contributed by atoms with E-state index < -0.39 is 10.0 Å². The number of nitrogens with two attached hydrogens (primary N) is 1. The fourth-order valence-electron chi connectivity index (χ4n) is 3.83. The van der Waals surface area contributed by atoms with E-state index in [1.165, 1.54) is 0 Å². The van der Waals surface area contributed by atoms with Crippen LogP contribution in [-0.4, -0.2) is 67.8 Å². The number of aliphatic imine (C=N–C) groups is 1. The third-order valence-corrected chi connectivity index (χ3v) is 8.30. The van der Waals surface area contributed by atoms with E-state index in [1.54, 1.807) is 33.8 Å². The van der Waals surface area contributed by atoms with Crippen molar-refractivity contribution in [3.8, 4) is 0 Å². The number of rotatable bonds is 5. The van der Waals surface area contributed by atoms with Gasteiger partial charge < -0.3 is 15.5 Å². The molecule has 0 bridgehead atoms. The monoisotopic (exact) mass is 448 g/mol. The molecule has 10 heteroatoms. The minimum Gasteiger partial charge on any atom is -0.370 e. The predicted molar refractivity (Wildman–Crippen MR) is 120 cm³/mol. The Bertz CT molecular complexity index is 963. The van der Waals surface area contributed by atoms with Crippen LogP contribution < -0.4 is 10.6 Å². The molecule has 30 heavy (non-hydrogen) atoms. The molecule has 4 rings (SSSR count). The Balaban J connectivity index is 1.37. The van der Waals surface area contributed by atoms with Gasteiger partial charge in [-0.3, -0.25) is 0 Å². The normalized spacial score (nSPS) is 19.3. The molecule has 0 radical (unpaired) electrons. The molecule has 1 aromatic heterocycles. The van der Waals surface area contributed by atoms with E-state index in [4.69, 9.17) is 5.73 Å². The summed E-state index contributed by atoms with van der Waals surface area (Å²) in [4.78, 5) is 13.5. The van der Waals surface area contributed by atoms with Gasteiger partial charge >= 0.3 is 0 Å². The average Bonchev–Trinajstić information content (AvgIpc) is 3.33. The number of sulfonamides is 1. The van der Waals surface area contributed by atoms with Crippen LogP contribution in [0.3, 0.4) is 0 Å². The largest absolute Gasteiger partial charge is 0.370 e. The van der Waals surface area contributed by atoms with Crippen molar-refractivity contribution in [2.45, 2.75) is 30.7 Å². The molecule has 2 aromatic rings.